The fraction of sp³-hybridized carbons (Fsp3) is 0.0652. The van der Waals surface area contributed by atoms with Crippen LogP contribution in [-0.2, 0) is 5.41 Å². The van der Waals surface area contributed by atoms with Crippen molar-refractivity contribution in [3.8, 4) is 67.9 Å². The molecule has 0 unspecified atom stereocenters. The Morgan fingerprint density at radius 3 is 1.73 bits per heavy atom. The number of nitrogens with zero attached hydrogens (tertiary/aromatic N) is 5. The molecule has 0 amide bonds. The fourth-order valence-corrected chi connectivity index (χ4v) is 8.67. The van der Waals surface area contributed by atoms with Gasteiger partial charge in [0.05, 0.1) is 15.9 Å². The van der Waals surface area contributed by atoms with Gasteiger partial charge in [0.1, 0.15) is 0 Å². The summed E-state index contributed by atoms with van der Waals surface area (Å²) in [5.41, 5.74) is 11.7. The molecular weight excluding hydrogens is 655 g/mol. The molecule has 0 radical (unpaired) electrons. The lowest BCUT2D eigenvalue weighted by molar-refractivity contribution is 0.660. The fourth-order valence-electron chi connectivity index (χ4n) is 7.52. The van der Waals surface area contributed by atoms with Crippen LogP contribution in [0.15, 0.2) is 152 Å². The summed E-state index contributed by atoms with van der Waals surface area (Å²) in [5, 5.41) is 1.13. The number of rotatable bonds is 5. The van der Waals surface area contributed by atoms with E-state index in [0.717, 1.165) is 49.1 Å². The Balaban J connectivity index is 1.14. The molecule has 6 heteroatoms. The molecule has 1 aliphatic rings. The van der Waals surface area contributed by atoms with Gasteiger partial charge in [-0.2, -0.15) is 0 Å². The minimum Gasteiger partial charge on any atom is -0.226 e. The van der Waals surface area contributed by atoms with Crippen LogP contribution >= 0.6 is 11.3 Å². The van der Waals surface area contributed by atoms with Gasteiger partial charge in [-0.15, -0.1) is 11.3 Å². The van der Waals surface area contributed by atoms with E-state index in [1.165, 1.54) is 27.0 Å². The molecular formula is C46H31N5S. The molecule has 0 atom stereocenters. The summed E-state index contributed by atoms with van der Waals surface area (Å²) in [4.78, 5) is 25.7. The molecule has 52 heavy (non-hydrogen) atoms. The van der Waals surface area contributed by atoms with Gasteiger partial charge in [0.25, 0.3) is 0 Å². The number of thiophene rings is 1. The molecule has 10 rings (SSSR count). The largest absolute Gasteiger partial charge is 0.226 e. The molecule has 9 aromatic rings. The average Bonchev–Trinajstić information content (AvgIpc) is 3.70. The maximum atomic E-state index is 5.21. The maximum absolute atomic E-state index is 5.21. The van der Waals surface area contributed by atoms with Crippen LogP contribution in [0.4, 0.5) is 0 Å². The van der Waals surface area contributed by atoms with Crippen molar-refractivity contribution in [3.63, 3.8) is 0 Å². The Kier molecular flexibility index (Phi) is 6.95. The third-order valence-electron chi connectivity index (χ3n) is 10.2. The van der Waals surface area contributed by atoms with E-state index in [4.69, 9.17) is 24.9 Å². The van der Waals surface area contributed by atoms with E-state index in [1.807, 2.05) is 42.5 Å². The average molecular weight is 686 g/mol. The van der Waals surface area contributed by atoms with Gasteiger partial charge in [0.2, 0.25) is 0 Å². The molecule has 0 N–H and O–H groups in total. The van der Waals surface area contributed by atoms with Crippen molar-refractivity contribution in [1.29, 1.82) is 0 Å². The SMILES string of the molecule is CC1(C)c2ccccc2-c2cc(-c3nc(-c4ccccc4)nc(-c4cccc(-c5nc(-c6ccccc6)c6sc7ccccc7c6n5)c4)n3)ccc21. The van der Waals surface area contributed by atoms with Crippen LogP contribution in [0.5, 0.6) is 0 Å². The maximum Gasteiger partial charge on any atom is 0.164 e. The summed E-state index contributed by atoms with van der Waals surface area (Å²) in [6.07, 6.45) is 0. The quantitative estimate of drug-likeness (QED) is 0.180. The van der Waals surface area contributed by atoms with Crippen LogP contribution in [0.3, 0.4) is 0 Å². The van der Waals surface area contributed by atoms with Crippen LogP contribution in [0, 0.1) is 0 Å². The van der Waals surface area contributed by atoms with Crippen molar-refractivity contribution in [3.05, 3.63) is 163 Å². The smallest absolute Gasteiger partial charge is 0.164 e. The molecule has 5 nitrogen and oxygen atoms in total. The topological polar surface area (TPSA) is 64.5 Å². The minimum atomic E-state index is -0.0782. The van der Waals surface area contributed by atoms with Gasteiger partial charge in [-0.3, -0.25) is 0 Å². The van der Waals surface area contributed by atoms with Gasteiger partial charge >= 0.3 is 0 Å². The molecule has 1 aliphatic carbocycles. The Bertz CT molecular complexity index is 2820. The van der Waals surface area contributed by atoms with Gasteiger partial charge < -0.3 is 0 Å². The number of fused-ring (bicyclic) bond motifs is 6. The van der Waals surface area contributed by atoms with Crippen LogP contribution in [0.1, 0.15) is 25.0 Å². The Labute approximate surface area is 305 Å². The highest BCUT2D eigenvalue weighted by Gasteiger charge is 2.35. The summed E-state index contributed by atoms with van der Waals surface area (Å²) < 4.78 is 2.28. The molecule has 0 fully saturated rings. The normalized spacial score (nSPS) is 13.0. The molecule has 3 heterocycles. The highest BCUT2D eigenvalue weighted by molar-refractivity contribution is 7.26. The summed E-state index contributed by atoms with van der Waals surface area (Å²) in [5.74, 6) is 2.51. The lowest BCUT2D eigenvalue weighted by atomic mass is 9.82. The van der Waals surface area contributed by atoms with Crippen molar-refractivity contribution in [1.82, 2.24) is 24.9 Å². The summed E-state index contributed by atoms with van der Waals surface area (Å²) in [7, 11) is 0. The van der Waals surface area contributed by atoms with E-state index in [2.05, 4.69) is 123 Å². The van der Waals surface area contributed by atoms with E-state index in [-0.39, 0.29) is 5.41 Å². The Morgan fingerprint density at radius 2 is 0.981 bits per heavy atom. The van der Waals surface area contributed by atoms with Gasteiger partial charge in [-0.25, -0.2) is 24.9 Å². The zero-order valence-corrected chi connectivity index (χ0v) is 29.4. The Hall–Kier alpha value is -6.37. The van der Waals surface area contributed by atoms with Gasteiger partial charge in [0, 0.05) is 43.3 Å². The summed E-state index contributed by atoms with van der Waals surface area (Å²) in [6.45, 7) is 4.59. The first kappa shape index (κ1) is 30.5. The van der Waals surface area contributed by atoms with Gasteiger partial charge in [0.15, 0.2) is 23.3 Å². The van der Waals surface area contributed by atoms with Crippen molar-refractivity contribution in [2.24, 2.45) is 0 Å². The second kappa shape index (κ2) is 11.9. The highest BCUT2D eigenvalue weighted by atomic mass is 32.1. The minimum absolute atomic E-state index is 0.0782. The molecule has 0 saturated heterocycles. The standard InChI is InChI=1S/C46H31N5S/c1-46(2)36-22-11-9-20-33(36)35-27-32(24-25-37(35)46)45-50-42(29-16-7-4-8-17-29)49-44(51-45)31-19-13-18-30(26-31)43-47-39(28-14-5-3-6-15-28)41-40(48-43)34-21-10-12-23-38(34)52-41/h3-27H,1-2H3. The van der Waals surface area contributed by atoms with E-state index in [1.54, 1.807) is 11.3 Å². The number of benzene rings is 6. The first-order valence-electron chi connectivity index (χ1n) is 17.4. The number of aromatic nitrogens is 5. The highest BCUT2D eigenvalue weighted by Crippen LogP contribution is 2.49. The molecule has 0 aliphatic heterocycles. The van der Waals surface area contributed by atoms with Crippen LogP contribution in [-0.4, -0.2) is 24.9 Å². The molecule has 246 valence electrons. The van der Waals surface area contributed by atoms with Crippen LogP contribution < -0.4 is 0 Å². The number of hydrogen-bond acceptors (Lipinski definition) is 6. The van der Waals surface area contributed by atoms with E-state index < -0.39 is 0 Å². The van der Waals surface area contributed by atoms with Crippen LogP contribution in [0.2, 0.25) is 0 Å². The van der Waals surface area contributed by atoms with Crippen molar-refractivity contribution in [2.45, 2.75) is 19.3 Å². The zero-order chi connectivity index (χ0) is 34.8. The monoisotopic (exact) mass is 685 g/mol. The lowest BCUT2D eigenvalue weighted by Gasteiger charge is -2.21. The summed E-state index contributed by atoms with van der Waals surface area (Å²) in [6, 6.07) is 52.5. The first-order valence-corrected chi connectivity index (χ1v) is 18.2. The second-order valence-electron chi connectivity index (χ2n) is 13.7. The molecule has 6 aromatic carbocycles. The van der Waals surface area contributed by atoms with Crippen molar-refractivity contribution < 1.29 is 0 Å². The summed E-state index contributed by atoms with van der Waals surface area (Å²) >= 11 is 1.74. The third kappa shape index (κ3) is 4.94. The van der Waals surface area contributed by atoms with Crippen LogP contribution in [0.25, 0.3) is 88.2 Å². The zero-order valence-electron chi connectivity index (χ0n) is 28.6. The molecule has 3 aromatic heterocycles. The molecule has 0 saturated carbocycles. The van der Waals surface area contributed by atoms with Crippen molar-refractivity contribution in [2.75, 3.05) is 0 Å². The van der Waals surface area contributed by atoms with Crippen molar-refractivity contribution >= 4 is 31.6 Å². The lowest BCUT2D eigenvalue weighted by Crippen LogP contribution is -2.14. The first-order chi connectivity index (χ1) is 25.5. The predicted molar refractivity (Wildman–Crippen MR) is 213 cm³/mol. The van der Waals surface area contributed by atoms with E-state index >= 15 is 0 Å². The third-order valence-corrected chi connectivity index (χ3v) is 11.3. The molecule has 0 bridgehead atoms. The van der Waals surface area contributed by atoms with Gasteiger partial charge in [-0.05, 0) is 40.5 Å². The molecule has 0 spiro atoms. The second-order valence-corrected chi connectivity index (χ2v) is 14.8. The number of hydrogen-bond donors (Lipinski definition) is 0. The predicted octanol–water partition coefficient (Wildman–Crippen LogP) is 11.7. The van der Waals surface area contributed by atoms with E-state index in [0.29, 0.717) is 23.3 Å². The van der Waals surface area contributed by atoms with E-state index in [9.17, 15) is 0 Å². The Morgan fingerprint density at radius 1 is 0.423 bits per heavy atom. The van der Waals surface area contributed by atoms with Gasteiger partial charge in [-0.1, -0.05) is 147 Å².